The van der Waals surface area contributed by atoms with Gasteiger partial charge in [-0.3, -0.25) is 0 Å². The van der Waals surface area contributed by atoms with Crippen LogP contribution in [0.25, 0.3) is 0 Å². The number of ether oxygens (including phenoxy) is 1. The maximum Gasteiger partial charge on any atom is 0.410 e. The molecule has 0 spiro atoms. The smallest absolute Gasteiger partial charge is 0.410 e. The summed E-state index contributed by atoms with van der Waals surface area (Å²) in [4.78, 5) is 14.1. The third-order valence-corrected chi connectivity index (χ3v) is 9.92. The minimum absolute atomic E-state index is 0.223. The highest BCUT2D eigenvalue weighted by atomic mass is 28.4. The van der Waals surface area contributed by atoms with Crippen LogP contribution in [0.3, 0.4) is 0 Å². The molecule has 0 aliphatic carbocycles. The Hall–Kier alpha value is -1.59. The Kier molecular flexibility index (Phi) is 7.06. The molecule has 26 heavy (non-hydrogen) atoms. The molecule has 1 aliphatic rings. The summed E-state index contributed by atoms with van der Waals surface area (Å²) < 4.78 is 11.7. The molecular weight excluding hydrogens is 342 g/mol. The molecule has 1 amide bonds. The fourth-order valence-electron chi connectivity index (χ4n) is 2.61. The number of hydrogen-bond acceptors (Lipinski definition) is 3. The van der Waals surface area contributed by atoms with Gasteiger partial charge in [-0.15, -0.1) is 0 Å². The molecule has 1 aromatic rings. The van der Waals surface area contributed by atoms with Gasteiger partial charge in [-0.05, 0) is 36.5 Å². The largest absolute Gasteiger partial charge is 0.445 e. The van der Waals surface area contributed by atoms with Crippen molar-refractivity contribution < 1.29 is 14.0 Å². The highest BCUT2D eigenvalue weighted by molar-refractivity contribution is 6.74. The summed E-state index contributed by atoms with van der Waals surface area (Å²) in [5.41, 5.74) is 2.28. The third-order valence-electron chi connectivity index (χ3n) is 5.38. The van der Waals surface area contributed by atoms with E-state index in [1.165, 1.54) is 5.57 Å². The van der Waals surface area contributed by atoms with E-state index >= 15 is 0 Å². The Labute approximate surface area is 159 Å². The molecule has 1 aromatic carbocycles. The van der Waals surface area contributed by atoms with E-state index < -0.39 is 8.32 Å². The van der Waals surface area contributed by atoms with Crippen LogP contribution in [0.2, 0.25) is 18.1 Å². The highest BCUT2D eigenvalue weighted by Crippen LogP contribution is 2.36. The number of hydrogen-bond donors (Lipinski definition) is 0. The molecule has 144 valence electrons. The Balaban J connectivity index is 1.77. The molecule has 4 nitrogen and oxygen atoms in total. The first-order valence-corrected chi connectivity index (χ1v) is 12.4. The van der Waals surface area contributed by atoms with Crippen LogP contribution in [-0.2, 0) is 15.8 Å². The van der Waals surface area contributed by atoms with Crippen molar-refractivity contribution in [2.75, 3.05) is 19.7 Å². The summed E-state index contributed by atoms with van der Waals surface area (Å²) in [5, 5.41) is 0.223. The van der Waals surface area contributed by atoms with Gasteiger partial charge in [0.2, 0.25) is 0 Å². The summed E-state index contributed by atoms with van der Waals surface area (Å²) in [6.45, 7) is 13.7. The minimum atomic E-state index is -1.71. The predicted molar refractivity (Wildman–Crippen MR) is 109 cm³/mol. The average Bonchev–Trinajstić information content (AvgIpc) is 2.60. The van der Waals surface area contributed by atoms with E-state index in [9.17, 15) is 4.79 Å². The molecule has 0 fully saturated rings. The third kappa shape index (κ3) is 5.99. The first kappa shape index (κ1) is 20.7. The van der Waals surface area contributed by atoms with Crippen LogP contribution < -0.4 is 0 Å². The average molecular weight is 376 g/mol. The lowest BCUT2D eigenvalue weighted by atomic mass is 10.1. The molecule has 0 aromatic heterocycles. The summed E-state index contributed by atoms with van der Waals surface area (Å²) in [7, 11) is -1.71. The second-order valence-corrected chi connectivity index (χ2v) is 13.3. The fraction of sp³-hybridized carbons (Fsp3) is 0.571. The standard InChI is InChI=1S/C21H33NO3Si/c1-21(2,3)26(4,5)25-15-13-18-12-9-14-22(16-18)20(23)24-17-19-10-7-6-8-11-19/h6-8,10-12H,9,13-17H2,1-5H3. The van der Waals surface area contributed by atoms with Crippen molar-refractivity contribution in [3.63, 3.8) is 0 Å². The molecule has 0 atom stereocenters. The Morgan fingerprint density at radius 1 is 1.19 bits per heavy atom. The first-order valence-electron chi connectivity index (χ1n) is 9.46. The zero-order valence-corrected chi connectivity index (χ0v) is 17.9. The normalized spacial score (nSPS) is 15.6. The van der Waals surface area contributed by atoms with Gasteiger partial charge in [-0.2, -0.15) is 0 Å². The van der Waals surface area contributed by atoms with Gasteiger partial charge in [0.15, 0.2) is 8.32 Å². The number of carbonyl (C=O) groups excluding carboxylic acids is 1. The van der Waals surface area contributed by atoms with Gasteiger partial charge < -0.3 is 14.1 Å². The fourth-order valence-corrected chi connectivity index (χ4v) is 3.66. The van der Waals surface area contributed by atoms with Crippen molar-refractivity contribution in [1.82, 2.24) is 4.90 Å². The number of benzene rings is 1. The molecule has 5 heteroatoms. The van der Waals surface area contributed by atoms with Gasteiger partial charge >= 0.3 is 6.09 Å². The Morgan fingerprint density at radius 2 is 1.88 bits per heavy atom. The maximum absolute atomic E-state index is 12.3. The molecule has 0 N–H and O–H groups in total. The summed E-state index contributed by atoms with van der Waals surface area (Å²) in [6, 6.07) is 9.79. The zero-order valence-electron chi connectivity index (χ0n) is 16.9. The van der Waals surface area contributed by atoms with Gasteiger partial charge in [0.25, 0.3) is 0 Å². The van der Waals surface area contributed by atoms with Gasteiger partial charge in [0.05, 0.1) is 0 Å². The lowest BCUT2D eigenvalue weighted by molar-refractivity contribution is 0.0977. The highest BCUT2D eigenvalue weighted by Gasteiger charge is 2.37. The molecule has 1 aliphatic heterocycles. The van der Waals surface area contributed by atoms with Crippen molar-refractivity contribution in [1.29, 1.82) is 0 Å². The summed E-state index contributed by atoms with van der Waals surface area (Å²) >= 11 is 0. The number of amides is 1. The van der Waals surface area contributed by atoms with Crippen molar-refractivity contribution in [2.45, 2.75) is 58.4 Å². The van der Waals surface area contributed by atoms with Gasteiger partial charge in [0.1, 0.15) is 6.61 Å². The van der Waals surface area contributed by atoms with E-state index in [-0.39, 0.29) is 11.1 Å². The van der Waals surface area contributed by atoms with Crippen LogP contribution in [0.1, 0.15) is 39.2 Å². The molecule has 0 radical (unpaired) electrons. The molecular formula is C21H33NO3Si. The van der Waals surface area contributed by atoms with Crippen molar-refractivity contribution >= 4 is 14.4 Å². The van der Waals surface area contributed by atoms with Crippen molar-refractivity contribution in [3.8, 4) is 0 Å². The lowest BCUT2D eigenvalue weighted by Crippen LogP contribution is -2.41. The molecule has 2 rings (SSSR count). The number of rotatable bonds is 6. The molecule has 0 saturated heterocycles. The van der Waals surface area contributed by atoms with Gasteiger partial charge in [0, 0.05) is 19.7 Å². The lowest BCUT2D eigenvalue weighted by Gasteiger charge is -2.36. The van der Waals surface area contributed by atoms with E-state index in [0.29, 0.717) is 13.2 Å². The topological polar surface area (TPSA) is 38.8 Å². The van der Waals surface area contributed by atoms with Crippen LogP contribution in [0, 0.1) is 0 Å². The van der Waals surface area contributed by atoms with Crippen molar-refractivity contribution in [2.24, 2.45) is 0 Å². The Bertz CT molecular complexity index is 620. The van der Waals surface area contributed by atoms with Gasteiger partial charge in [-0.1, -0.05) is 62.8 Å². The van der Waals surface area contributed by atoms with Crippen LogP contribution in [0.4, 0.5) is 4.79 Å². The summed E-state index contributed by atoms with van der Waals surface area (Å²) in [6.07, 6.45) is 3.78. The van der Waals surface area contributed by atoms with E-state index in [4.69, 9.17) is 9.16 Å². The van der Waals surface area contributed by atoms with E-state index in [2.05, 4.69) is 39.9 Å². The monoisotopic (exact) mass is 375 g/mol. The van der Waals surface area contributed by atoms with Crippen molar-refractivity contribution in [3.05, 3.63) is 47.5 Å². The second-order valence-electron chi connectivity index (χ2n) is 8.47. The van der Waals surface area contributed by atoms with E-state index in [0.717, 1.165) is 31.6 Å². The molecule has 0 saturated carbocycles. The molecule has 1 heterocycles. The molecule has 0 bridgehead atoms. The quantitative estimate of drug-likeness (QED) is 0.496. The number of carbonyl (C=O) groups is 1. The zero-order chi connectivity index (χ0) is 19.2. The first-order chi connectivity index (χ1) is 12.2. The van der Waals surface area contributed by atoms with Crippen LogP contribution in [0.5, 0.6) is 0 Å². The Morgan fingerprint density at radius 3 is 2.54 bits per heavy atom. The summed E-state index contributed by atoms with van der Waals surface area (Å²) in [5.74, 6) is 0. The predicted octanol–water partition coefficient (Wildman–Crippen LogP) is 5.37. The molecule has 0 unspecified atom stereocenters. The van der Waals surface area contributed by atoms with E-state index in [1.54, 1.807) is 4.90 Å². The number of nitrogens with zero attached hydrogens (tertiary/aromatic N) is 1. The second kappa shape index (κ2) is 8.87. The minimum Gasteiger partial charge on any atom is -0.445 e. The van der Waals surface area contributed by atoms with Gasteiger partial charge in [-0.25, -0.2) is 4.79 Å². The SMILES string of the molecule is CC(C)(C)[Si](C)(C)OCCC1=CCCN(C(=O)OCc2ccccc2)C1. The van der Waals surface area contributed by atoms with E-state index in [1.807, 2.05) is 30.3 Å². The van der Waals surface area contributed by atoms with Crippen LogP contribution in [-0.4, -0.2) is 39.0 Å². The maximum atomic E-state index is 12.3. The van der Waals surface area contributed by atoms with Crippen LogP contribution >= 0.6 is 0 Å². The van der Waals surface area contributed by atoms with Crippen LogP contribution in [0.15, 0.2) is 42.0 Å².